The summed E-state index contributed by atoms with van der Waals surface area (Å²) < 4.78 is 59.4. The second kappa shape index (κ2) is 16.5. The van der Waals surface area contributed by atoms with Crippen LogP contribution < -0.4 is 10.2 Å². The fraction of sp³-hybridized carbons (Fsp3) is 0.206. The van der Waals surface area contributed by atoms with Crippen LogP contribution in [0.3, 0.4) is 0 Å². The highest BCUT2D eigenvalue weighted by Gasteiger charge is 2.17. The zero-order valence-electron chi connectivity index (χ0n) is 27.8. The monoisotopic (exact) mass is 759 g/mol. The number of aromatic nitrogens is 3. The van der Waals surface area contributed by atoms with E-state index >= 15 is 0 Å². The van der Waals surface area contributed by atoms with Crippen LogP contribution in [0.2, 0.25) is 0 Å². The number of nitrogens with zero attached hydrogens (tertiary/aromatic N) is 8. The summed E-state index contributed by atoms with van der Waals surface area (Å²) in [6.07, 6.45) is 0.455. The highest BCUT2D eigenvalue weighted by atomic mass is 32.2. The maximum absolute atomic E-state index is 11.8. The Morgan fingerprint density at radius 3 is 1.73 bits per heavy atom. The SMILES string of the molecule is COS(=O)(=O)c1ccc(N=Nc2ccc(Nc3nc(Cc4ccc(N=Nc5ccc(CS(=O)(=O)O)cc5)cc4)nc(N4CCSCC4)n3)cc2)cc1. The molecule has 15 nitrogen and oxygen atoms in total. The summed E-state index contributed by atoms with van der Waals surface area (Å²) in [6, 6.07) is 27.1. The van der Waals surface area contributed by atoms with Gasteiger partial charge in [0.2, 0.25) is 11.9 Å². The van der Waals surface area contributed by atoms with E-state index in [1.165, 1.54) is 12.1 Å². The number of nitrogens with one attached hydrogen (secondary N) is 1. The van der Waals surface area contributed by atoms with E-state index in [-0.39, 0.29) is 4.90 Å². The summed E-state index contributed by atoms with van der Waals surface area (Å²) in [5.74, 6) is 3.13. The Morgan fingerprint density at radius 1 is 0.712 bits per heavy atom. The summed E-state index contributed by atoms with van der Waals surface area (Å²) in [7, 11) is -6.77. The van der Waals surface area contributed by atoms with Crippen molar-refractivity contribution in [3.63, 3.8) is 0 Å². The molecule has 0 amide bonds. The minimum atomic E-state index is -4.11. The second-order valence-electron chi connectivity index (χ2n) is 11.4. The van der Waals surface area contributed by atoms with Crippen LogP contribution in [0.25, 0.3) is 0 Å². The van der Waals surface area contributed by atoms with Crippen molar-refractivity contribution in [2.75, 3.05) is 41.9 Å². The van der Waals surface area contributed by atoms with E-state index < -0.39 is 26.0 Å². The molecule has 1 aliphatic heterocycles. The first-order valence-electron chi connectivity index (χ1n) is 15.8. The minimum absolute atomic E-state index is 0.0363. The van der Waals surface area contributed by atoms with E-state index in [4.69, 9.17) is 19.5 Å². The predicted molar refractivity (Wildman–Crippen MR) is 199 cm³/mol. The summed E-state index contributed by atoms with van der Waals surface area (Å²) in [5, 5.41) is 20.2. The number of benzene rings is 4. The molecule has 0 aliphatic carbocycles. The lowest BCUT2D eigenvalue weighted by atomic mass is 10.1. The third-order valence-corrected chi connectivity index (χ3v) is 10.5. The Bertz CT molecular complexity index is 2270. The molecule has 0 radical (unpaired) electrons. The number of hydrogen-bond acceptors (Lipinski definition) is 15. The van der Waals surface area contributed by atoms with Crippen molar-refractivity contribution in [2.24, 2.45) is 20.5 Å². The lowest BCUT2D eigenvalue weighted by molar-refractivity contribution is 0.398. The van der Waals surface area contributed by atoms with Crippen LogP contribution in [0.4, 0.5) is 40.3 Å². The highest BCUT2D eigenvalue weighted by Crippen LogP contribution is 2.25. The molecule has 5 aromatic rings. The van der Waals surface area contributed by atoms with E-state index in [9.17, 15) is 16.8 Å². The van der Waals surface area contributed by atoms with E-state index in [0.29, 0.717) is 52.5 Å². The summed E-state index contributed by atoms with van der Waals surface area (Å²) in [6.45, 7) is 1.67. The number of azo groups is 2. The van der Waals surface area contributed by atoms with E-state index in [2.05, 4.69) is 34.9 Å². The average molecular weight is 760 g/mol. The van der Waals surface area contributed by atoms with Gasteiger partial charge in [0.15, 0.2) is 0 Å². The van der Waals surface area contributed by atoms with E-state index in [1.54, 1.807) is 48.5 Å². The Hall–Kier alpha value is -5.14. The van der Waals surface area contributed by atoms with Crippen LogP contribution in [0, 0.1) is 0 Å². The molecule has 0 bridgehead atoms. The maximum atomic E-state index is 11.8. The van der Waals surface area contributed by atoms with Gasteiger partial charge in [0.1, 0.15) is 11.6 Å². The zero-order valence-corrected chi connectivity index (χ0v) is 30.2. The number of rotatable bonds is 13. The van der Waals surface area contributed by atoms with Gasteiger partial charge < -0.3 is 10.2 Å². The molecule has 1 aromatic heterocycles. The summed E-state index contributed by atoms with van der Waals surface area (Å²) in [4.78, 5) is 16.5. The summed E-state index contributed by atoms with van der Waals surface area (Å²) >= 11 is 1.90. The van der Waals surface area contributed by atoms with Gasteiger partial charge in [-0.1, -0.05) is 24.3 Å². The third kappa shape index (κ3) is 10.5. The zero-order chi connectivity index (χ0) is 36.6. The number of anilines is 3. The molecular weight excluding hydrogens is 727 g/mol. The highest BCUT2D eigenvalue weighted by molar-refractivity contribution is 7.99. The Kier molecular flexibility index (Phi) is 11.6. The van der Waals surface area contributed by atoms with Gasteiger partial charge in [-0.25, -0.2) is 0 Å². The molecular formula is C34H33N9O6S3. The molecule has 268 valence electrons. The van der Waals surface area contributed by atoms with Crippen molar-refractivity contribution in [1.29, 1.82) is 0 Å². The molecule has 2 heterocycles. The van der Waals surface area contributed by atoms with Crippen LogP contribution in [-0.2, 0) is 36.6 Å². The molecule has 4 aromatic carbocycles. The van der Waals surface area contributed by atoms with Crippen LogP contribution >= 0.6 is 11.8 Å². The van der Waals surface area contributed by atoms with Gasteiger partial charge in [-0.15, -0.1) is 0 Å². The molecule has 52 heavy (non-hydrogen) atoms. The molecule has 0 spiro atoms. The fourth-order valence-corrected chi connectivity index (χ4v) is 7.11. The fourth-order valence-electron chi connectivity index (χ4n) is 4.93. The van der Waals surface area contributed by atoms with Gasteiger partial charge >= 0.3 is 0 Å². The van der Waals surface area contributed by atoms with Gasteiger partial charge in [-0.2, -0.15) is 64.0 Å². The molecule has 18 heteroatoms. The predicted octanol–water partition coefficient (Wildman–Crippen LogP) is 7.31. The van der Waals surface area contributed by atoms with Crippen LogP contribution in [0.1, 0.15) is 17.0 Å². The molecule has 6 rings (SSSR count). The standard InChI is InChI=1S/C34H33N9O6S3/c1-49-52(47,48)31-16-14-30(15-17-31)42-41-29-12-10-26(11-13-29)35-33-36-32(37-34(38-33)43-18-20-50-21-19-43)22-24-2-6-27(7-3-24)39-40-28-8-4-25(5-9-28)23-51(44,45)46/h2-17H,18-23H2,1H3,(H,44,45,46)(H,35,36,37,38). The van der Waals surface area contributed by atoms with E-state index in [0.717, 1.165) is 43.0 Å². The number of thioether (sulfide) groups is 1. The number of hydrogen-bond donors (Lipinski definition) is 2. The molecule has 1 aliphatic rings. The summed E-state index contributed by atoms with van der Waals surface area (Å²) in [5.41, 5.74) is 4.42. The molecule has 1 fully saturated rings. The average Bonchev–Trinajstić information content (AvgIpc) is 3.15. The Morgan fingerprint density at radius 2 is 1.21 bits per heavy atom. The third-order valence-electron chi connectivity index (χ3n) is 7.58. The molecule has 0 saturated carbocycles. The van der Waals surface area contributed by atoms with E-state index in [1.807, 2.05) is 48.2 Å². The topological polar surface area (TPSA) is 201 Å². The van der Waals surface area contributed by atoms with Crippen molar-refractivity contribution in [3.8, 4) is 0 Å². The largest absolute Gasteiger partial charge is 0.339 e. The molecule has 0 unspecified atom stereocenters. The molecule has 2 N–H and O–H groups in total. The molecule has 1 saturated heterocycles. The van der Waals surface area contributed by atoms with Gasteiger partial charge in [0.25, 0.3) is 20.2 Å². The lowest BCUT2D eigenvalue weighted by Gasteiger charge is -2.26. The van der Waals surface area contributed by atoms with Crippen molar-refractivity contribution in [1.82, 2.24) is 15.0 Å². The Balaban J connectivity index is 1.13. The van der Waals surface area contributed by atoms with Crippen molar-refractivity contribution < 1.29 is 25.6 Å². The lowest BCUT2D eigenvalue weighted by Crippen LogP contribution is -2.34. The van der Waals surface area contributed by atoms with Crippen molar-refractivity contribution in [3.05, 3.63) is 114 Å². The van der Waals surface area contributed by atoms with Gasteiger partial charge in [0.05, 0.1) is 34.8 Å². The van der Waals surface area contributed by atoms with Gasteiger partial charge in [0, 0.05) is 36.7 Å². The van der Waals surface area contributed by atoms with Crippen molar-refractivity contribution >= 4 is 72.3 Å². The van der Waals surface area contributed by atoms with Crippen LogP contribution in [0.5, 0.6) is 0 Å². The van der Waals surface area contributed by atoms with Crippen molar-refractivity contribution in [2.45, 2.75) is 17.1 Å². The van der Waals surface area contributed by atoms with Gasteiger partial charge in [-0.05, 0) is 83.9 Å². The first-order valence-corrected chi connectivity index (χ1v) is 20.0. The molecule has 0 atom stereocenters. The second-order valence-corrected chi connectivity index (χ2v) is 15.8. The normalized spacial score (nSPS) is 13.9. The Labute approximate surface area is 305 Å². The quantitative estimate of drug-likeness (QED) is 0.0690. The first-order chi connectivity index (χ1) is 25.0. The van der Waals surface area contributed by atoms with Crippen LogP contribution in [-0.4, -0.2) is 68.0 Å². The smallest absolute Gasteiger partial charge is 0.296 e. The minimum Gasteiger partial charge on any atom is -0.339 e. The van der Waals surface area contributed by atoms with Crippen LogP contribution in [0.15, 0.2) is 122 Å². The first kappa shape index (κ1) is 36.6. The van der Waals surface area contributed by atoms with Gasteiger partial charge in [-0.3, -0.25) is 8.74 Å². The maximum Gasteiger partial charge on any atom is 0.296 e.